The van der Waals surface area contributed by atoms with Crippen LogP contribution in [0.25, 0.3) is 0 Å². The molecule has 0 heterocycles. The highest BCUT2D eigenvalue weighted by Crippen LogP contribution is 2.10. The van der Waals surface area contributed by atoms with Gasteiger partial charge in [0.15, 0.2) is 0 Å². The van der Waals surface area contributed by atoms with Crippen LogP contribution in [0.5, 0.6) is 5.75 Å². The molecule has 0 aliphatic rings. The fourth-order valence-electron chi connectivity index (χ4n) is 1.43. The summed E-state index contributed by atoms with van der Waals surface area (Å²) in [6, 6.07) is 13.1. The molecule has 1 amide bonds. The predicted octanol–water partition coefficient (Wildman–Crippen LogP) is 2.81. The molecule has 0 spiro atoms. The minimum atomic E-state index is -0.388. The first-order valence-corrected chi connectivity index (χ1v) is 5.91. The molecule has 0 saturated carbocycles. The number of halogens is 1. The number of amides is 1. The Kier molecular flexibility index (Phi) is 4.15. The number of benzene rings is 2. The van der Waals surface area contributed by atoms with E-state index in [4.69, 9.17) is 11.6 Å². The summed E-state index contributed by atoms with van der Waals surface area (Å²) in [5.41, 5.74) is 3.54. The second-order valence-electron chi connectivity index (χ2n) is 3.80. The van der Waals surface area contributed by atoms with Gasteiger partial charge in [0.25, 0.3) is 5.91 Å². The van der Waals surface area contributed by atoms with Gasteiger partial charge in [0, 0.05) is 10.6 Å². The van der Waals surface area contributed by atoms with Gasteiger partial charge in [-0.25, -0.2) is 5.43 Å². The van der Waals surface area contributed by atoms with Crippen LogP contribution in [0.1, 0.15) is 15.9 Å². The normalized spacial score (nSPS) is 10.6. The molecule has 4 nitrogen and oxygen atoms in total. The lowest BCUT2D eigenvalue weighted by Gasteiger charge is -2.00. The number of nitrogens with zero attached hydrogens (tertiary/aromatic N) is 1. The summed E-state index contributed by atoms with van der Waals surface area (Å²) in [7, 11) is 0. The van der Waals surface area contributed by atoms with E-state index in [1.165, 1.54) is 18.3 Å². The van der Waals surface area contributed by atoms with Crippen LogP contribution >= 0.6 is 11.6 Å². The molecule has 0 aliphatic carbocycles. The van der Waals surface area contributed by atoms with E-state index in [-0.39, 0.29) is 11.7 Å². The largest absolute Gasteiger partial charge is 0.508 e. The van der Waals surface area contributed by atoms with E-state index in [0.717, 1.165) is 5.56 Å². The zero-order valence-electron chi connectivity index (χ0n) is 9.88. The Hall–Kier alpha value is -2.33. The second kappa shape index (κ2) is 6.02. The van der Waals surface area contributed by atoms with Crippen molar-refractivity contribution < 1.29 is 9.90 Å². The molecule has 2 rings (SSSR count). The molecule has 5 heteroatoms. The Balaban J connectivity index is 1.98. The van der Waals surface area contributed by atoms with Gasteiger partial charge in [-0.1, -0.05) is 29.8 Å². The van der Waals surface area contributed by atoms with Gasteiger partial charge in [0.1, 0.15) is 5.75 Å². The van der Waals surface area contributed by atoms with E-state index in [1.807, 2.05) is 0 Å². The van der Waals surface area contributed by atoms with Gasteiger partial charge in [0.2, 0.25) is 0 Å². The molecular formula is C14H11ClN2O2. The summed E-state index contributed by atoms with van der Waals surface area (Å²) in [5, 5.41) is 13.7. The van der Waals surface area contributed by atoms with Crippen LogP contribution in [-0.2, 0) is 0 Å². The summed E-state index contributed by atoms with van der Waals surface area (Å²) < 4.78 is 0. The quantitative estimate of drug-likeness (QED) is 0.668. The first-order valence-electron chi connectivity index (χ1n) is 5.53. The average molecular weight is 275 g/mol. The minimum Gasteiger partial charge on any atom is -0.508 e. The van der Waals surface area contributed by atoms with Gasteiger partial charge in [0.05, 0.1) is 6.21 Å². The first-order chi connectivity index (χ1) is 9.15. The van der Waals surface area contributed by atoms with Gasteiger partial charge in [-0.2, -0.15) is 5.10 Å². The highest BCUT2D eigenvalue weighted by molar-refractivity contribution is 6.30. The molecule has 0 aliphatic heterocycles. The summed E-state index contributed by atoms with van der Waals surface area (Å²) in [6.07, 6.45) is 1.51. The van der Waals surface area contributed by atoms with Crippen LogP contribution in [0.2, 0.25) is 5.02 Å². The Labute approximate surface area is 115 Å². The van der Waals surface area contributed by atoms with E-state index in [2.05, 4.69) is 10.5 Å². The summed E-state index contributed by atoms with van der Waals surface area (Å²) in [4.78, 5) is 11.7. The molecule has 2 aromatic carbocycles. The maximum Gasteiger partial charge on any atom is 0.271 e. The van der Waals surface area contributed by atoms with Crippen molar-refractivity contribution in [2.75, 3.05) is 0 Å². The van der Waals surface area contributed by atoms with Crippen LogP contribution in [-0.4, -0.2) is 17.2 Å². The van der Waals surface area contributed by atoms with E-state index < -0.39 is 0 Å². The molecule has 0 aromatic heterocycles. The predicted molar refractivity (Wildman–Crippen MR) is 74.6 cm³/mol. The lowest BCUT2D eigenvalue weighted by Crippen LogP contribution is -2.17. The number of hydrogen-bond donors (Lipinski definition) is 2. The number of hydrogen-bond acceptors (Lipinski definition) is 3. The lowest BCUT2D eigenvalue weighted by molar-refractivity contribution is 0.0954. The number of hydrazone groups is 1. The van der Waals surface area contributed by atoms with Crippen LogP contribution < -0.4 is 5.43 Å². The van der Waals surface area contributed by atoms with Crippen LogP contribution in [0.3, 0.4) is 0 Å². The highest BCUT2D eigenvalue weighted by Gasteiger charge is 2.03. The number of phenolic OH excluding ortho intramolecular Hbond substituents is 1. The van der Waals surface area contributed by atoms with Crippen molar-refractivity contribution in [2.45, 2.75) is 0 Å². The SMILES string of the molecule is O=C(N/N=C\c1ccc(Cl)cc1)c1cccc(O)c1. The Morgan fingerprint density at radius 2 is 1.95 bits per heavy atom. The maximum atomic E-state index is 11.7. The fraction of sp³-hybridized carbons (Fsp3) is 0. The van der Waals surface area contributed by atoms with Gasteiger partial charge >= 0.3 is 0 Å². The van der Waals surface area contributed by atoms with Gasteiger partial charge in [-0.15, -0.1) is 0 Å². The van der Waals surface area contributed by atoms with E-state index >= 15 is 0 Å². The number of aromatic hydroxyl groups is 1. The van der Waals surface area contributed by atoms with Crippen molar-refractivity contribution in [3.63, 3.8) is 0 Å². The van der Waals surface area contributed by atoms with Crippen LogP contribution in [0.15, 0.2) is 53.6 Å². The van der Waals surface area contributed by atoms with Crippen molar-refractivity contribution >= 4 is 23.7 Å². The first kappa shape index (κ1) is 13.1. The maximum absolute atomic E-state index is 11.7. The lowest BCUT2D eigenvalue weighted by atomic mass is 10.2. The summed E-state index contributed by atoms with van der Waals surface area (Å²) in [5.74, 6) is -0.351. The zero-order chi connectivity index (χ0) is 13.7. The van der Waals surface area contributed by atoms with Gasteiger partial charge in [-0.05, 0) is 35.9 Å². The molecular weight excluding hydrogens is 264 g/mol. The number of nitrogens with one attached hydrogen (secondary N) is 1. The summed E-state index contributed by atoms with van der Waals surface area (Å²) >= 11 is 5.75. The molecule has 2 aromatic rings. The molecule has 96 valence electrons. The fourth-order valence-corrected chi connectivity index (χ4v) is 1.55. The summed E-state index contributed by atoms with van der Waals surface area (Å²) in [6.45, 7) is 0. The minimum absolute atomic E-state index is 0.0364. The zero-order valence-corrected chi connectivity index (χ0v) is 10.6. The van der Waals surface area contributed by atoms with Crippen LogP contribution in [0.4, 0.5) is 0 Å². The smallest absolute Gasteiger partial charge is 0.271 e. The van der Waals surface area contributed by atoms with Crippen molar-refractivity contribution in [1.29, 1.82) is 0 Å². The molecule has 0 unspecified atom stereocenters. The van der Waals surface area contributed by atoms with E-state index in [9.17, 15) is 9.90 Å². The average Bonchev–Trinajstić information content (AvgIpc) is 2.41. The Bertz CT molecular complexity index is 609. The molecule has 0 fully saturated rings. The number of carbonyl (C=O) groups is 1. The molecule has 2 N–H and O–H groups in total. The molecule has 0 saturated heterocycles. The van der Waals surface area contributed by atoms with Gasteiger partial charge in [-0.3, -0.25) is 4.79 Å². The third-order valence-electron chi connectivity index (χ3n) is 2.36. The molecule has 0 atom stereocenters. The topological polar surface area (TPSA) is 61.7 Å². The van der Waals surface area contributed by atoms with E-state index in [0.29, 0.717) is 10.6 Å². The molecule has 19 heavy (non-hydrogen) atoms. The van der Waals surface area contributed by atoms with E-state index in [1.54, 1.807) is 36.4 Å². The Morgan fingerprint density at radius 3 is 2.63 bits per heavy atom. The van der Waals surface area contributed by atoms with Crippen LogP contribution in [0, 0.1) is 0 Å². The molecule has 0 bridgehead atoms. The third kappa shape index (κ3) is 3.82. The van der Waals surface area contributed by atoms with Crippen molar-refractivity contribution in [1.82, 2.24) is 5.43 Å². The number of rotatable bonds is 3. The second-order valence-corrected chi connectivity index (χ2v) is 4.24. The van der Waals surface area contributed by atoms with Crippen molar-refractivity contribution in [2.24, 2.45) is 5.10 Å². The number of phenols is 1. The molecule has 0 radical (unpaired) electrons. The standard InChI is InChI=1S/C14H11ClN2O2/c15-12-6-4-10(5-7-12)9-16-17-14(19)11-2-1-3-13(18)8-11/h1-9,18H,(H,17,19)/b16-9-. The number of carbonyl (C=O) groups excluding carboxylic acids is 1. The van der Waals surface area contributed by atoms with Gasteiger partial charge < -0.3 is 5.11 Å². The highest BCUT2D eigenvalue weighted by atomic mass is 35.5. The van der Waals surface area contributed by atoms with Crippen molar-refractivity contribution in [3.8, 4) is 5.75 Å². The third-order valence-corrected chi connectivity index (χ3v) is 2.61. The van der Waals surface area contributed by atoms with Crippen molar-refractivity contribution in [3.05, 3.63) is 64.7 Å². The monoisotopic (exact) mass is 274 g/mol. The Morgan fingerprint density at radius 1 is 1.21 bits per heavy atom.